The summed E-state index contributed by atoms with van der Waals surface area (Å²) < 4.78 is 10.2. The number of ether oxygens (including phenoxy) is 2. The zero-order valence-corrected chi connectivity index (χ0v) is 13.0. The maximum atomic E-state index is 12.4. The SMILES string of the molecule is CCNC(CC(=O)OC)C(=O)c1ccc(OC(C)C)cc1. The minimum atomic E-state index is -0.570. The summed E-state index contributed by atoms with van der Waals surface area (Å²) in [6, 6.07) is 6.37. The number of carbonyl (C=O) groups is 2. The van der Waals surface area contributed by atoms with E-state index in [1.54, 1.807) is 24.3 Å². The van der Waals surface area contributed by atoms with Gasteiger partial charge in [-0.2, -0.15) is 0 Å². The van der Waals surface area contributed by atoms with E-state index in [1.165, 1.54) is 7.11 Å². The van der Waals surface area contributed by atoms with Crippen LogP contribution in [0.15, 0.2) is 24.3 Å². The molecule has 0 spiro atoms. The highest BCUT2D eigenvalue weighted by Gasteiger charge is 2.22. The van der Waals surface area contributed by atoms with Crippen LogP contribution >= 0.6 is 0 Å². The first kappa shape index (κ1) is 17.2. The number of hydrogen-bond donors (Lipinski definition) is 1. The lowest BCUT2D eigenvalue weighted by molar-refractivity contribution is -0.140. The Labute approximate surface area is 125 Å². The standard InChI is InChI=1S/C16H23NO4/c1-5-17-14(10-15(18)20-4)16(19)12-6-8-13(9-7-12)21-11(2)3/h6-9,11,14,17H,5,10H2,1-4H3. The van der Waals surface area contributed by atoms with Crippen molar-refractivity contribution in [1.29, 1.82) is 0 Å². The van der Waals surface area contributed by atoms with Crippen molar-refractivity contribution in [3.8, 4) is 5.75 Å². The second-order valence-corrected chi connectivity index (χ2v) is 4.95. The van der Waals surface area contributed by atoms with Crippen molar-refractivity contribution < 1.29 is 19.1 Å². The Balaban J connectivity index is 2.80. The van der Waals surface area contributed by atoms with E-state index < -0.39 is 12.0 Å². The van der Waals surface area contributed by atoms with Crippen LogP contribution in [0.25, 0.3) is 0 Å². The molecule has 0 aliphatic rings. The van der Waals surface area contributed by atoms with Crippen LogP contribution in [-0.2, 0) is 9.53 Å². The minimum absolute atomic E-state index is 0.0212. The van der Waals surface area contributed by atoms with E-state index in [2.05, 4.69) is 10.1 Å². The van der Waals surface area contributed by atoms with Gasteiger partial charge in [0, 0.05) is 5.56 Å². The van der Waals surface area contributed by atoms with Crippen molar-refractivity contribution in [2.45, 2.75) is 39.3 Å². The lowest BCUT2D eigenvalue weighted by Crippen LogP contribution is -2.38. The van der Waals surface area contributed by atoms with Crippen molar-refractivity contribution in [3.05, 3.63) is 29.8 Å². The largest absolute Gasteiger partial charge is 0.491 e. The van der Waals surface area contributed by atoms with E-state index in [-0.39, 0.29) is 18.3 Å². The number of esters is 1. The first-order valence-electron chi connectivity index (χ1n) is 7.09. The fourth-order valence-corrected chi connectivity index (χ4v) is 1.93. The van der Waals surface area contributed by atoms with Crippen molar-refractivity contribution in [2.24, 2.45) is 0 Å². The molecule has 21 heavy (non-hydrogen) atoms. The molecule has 0 aromatic heterocycles. The average Bonchev–Trinajstić information content (AvgIpc) is 2.46. The molecule has 5 heteroatoms. The molecule has 0 radical (unpaired) electrons. The molecule has 0 saturated carbocycles. The van der Waals surface area contributed by atoms with Crippen LogP contribution < -0.4 is 10.1 Å². The molecule has 0 amide bonds. The number of likely N-dealkylation sites (N-methyl/N-ethyl adjacent to an activating group) is 1. The van der Waals surface area contributed by atoms with E-state index in [0.29, 0.717) is 12.1 Å². The van der Waals surface area contributed by atoms with E-state index in [9.17, 15) is 9.59 Å². The highest BCUT2D eigenvalue weighted by atomic mass is 16.5. The molecular weight excluding hydrogens is 270 g/mol. The molecule has 1 unspecified atom stereocenters. The van der Waals surface area contributed by atoms with Crippen LogP contribution in [0.1, 0.15) is 37.6 Å². The van der Waals surface area contributed by atoms with E-state index in [4.69, 9.17) is 4.74 Å². The molecule has 0 aliphatic carbocycles. The van der Waals surface area contributed by atoms with Gasteiger partial charge in [-0.25, -0.2) is 0 Å². The van der Waals surface area contributed by atoms with Gasteiger partial charge in [0.15, 0.2) is 5.78 Å². The summed E-state index contributed by atoms with van der Waals surface area (Å²) in [5.41, 5.74) is 0.543. The van der Waals surface area contributed by atoms with E-state index in [1.807, 2.05) is 20.8 Å². The fraction of sp³-hybridized carbons (Fsp3) is 0.500. The Morgan fingerprint density at radius 3 is 2.29 bits per heavy atom. The molecule has 1 atom stereocenters. The van der Waals surface area contributed by atoms with Gasteiger partial charge >= 0.3 is 5.97 Å². The third-order valence-corrected chi connectivity index (χ3v) is 2.88. The van der Waals surface area contributed by atoms with Crippen LogP contribution in [0.3, 0.4) is 0 Å². The molecule has 1 aromatic carbocycles. The number of methoxy groups -OCH3 is 1. The molecule has 0 aliphatic heterocycles. The molecule has 1 N–H and O–H groups in total. The number of benzene rings is 1. The average molecular weight is 293 g/mol. The minimum Gasteiger partial charge on any atom is -0.491 e. The number of nitrogens with one attached hydrogen (secondary N) is 1. The normalized spacial score (nSPS) is 12.0. The maximum Gasteiger partial charge on any atom is 0.307 e. The quantitative estimate of drug-likeness (QED) is 0.588. The second-order valence-electron chi connectivity index (χ2n) is 4.95. The van der Waals surface area contributed by atoms with Gasteiger partial charge in [-0.15, -0.1) is 0 Å². The predicted octanol–water partition coefficient (Wildman–Crippen LogP) is 2.20. The Bertz CT molecular complexity index is 468. The van der Waals surface area contributed by atoms with Gasteiger partial charge in [0.1, 0.15) is 5.75 Å². The monoisotopic (exact) mass is 293 g/mol. The van der Waals surface area contributed by atoms with Gasteiger partial charge < -0.3 is 14.8 Å². The summed E-state index contributed by atoms with van der Waals surface area (Å²) in [6.07, 6.45) is 0.105. The van der Waals surface area contributed by atoms with E-state index in [0.717, 1.165) is 5.75 Å². The Kier molecular flexibility index (Phi) is 6.88. The van der Waals surface area contributed by atoms with Crippen molar-refractivity contribution in [2.75, 3.05) is 13.7 Å². The molecule has 0 bridgehead atoms. The fourth-order valence-electron chi connectivity index (χ4n) is 1.93. The smallest absolute Gasteiger partial charge is 0.307 e. The van der Waals surface area contributed by atoms with Crippen LogP contribution in [-0.4, -0.2) is 37.6 Å². The summed E-state index contributed by atoms with van der Waals surface area (Å²) in [7, 11) is 1.31. The van der Waals surface area contributed by atoms with Gasteiger partial charge in [0.25, 0.3) is 0 Å². The number of carbonyl (C=O) groups excluding carboxylic acids is 2. The van der Waals surface area contributed by atoms with Crippen molar-refractivity contribution >= 4 is 11.8 Å². The molecular formula is C16H23NO4. The lowest BCUT2D eigenvalue weighted by atomic mass is 10.0. The first-order chi connectivity index (χ1) is 9.97. The third-order valence-electron chi connectivity index (χ3n) is 2.88. The van der Waals surface area contributed by atoms with Crippen molar-refractivity contribution in [1.82, 2.24) is 5.32 Å². The van der Waals surface area contributed by atoms with Crippen LogP contribution in [0.2, 0.25) is 0 Å². The predicted molar refractivity (Wildman–Crippen MR) is 80.6 cm³/mol. The second kappa shape index (κ2) is 8.42. The van der Waals surface area contributed by atoms with Gasteiger partial charge in [0.2, 0.25) is 0 Å². The van der Waals surface area contributed by atoms with Gasteiger partial charge in [0.05, 0.1) is 25.7 Å². The zero-order chi connectivity index (χ0) is 15.8. The lowest BCUT2D eigenvalue weighted by Gasteiger charge is -2.16. The van der Waals surface area contributed by atoms with Crippen LogP contribution in [0.5, 0.6) is 5.75 Å². The topological polar surface area (TPSA) is 64.6 Å². The summed E-state index contributed by atoms with van der Waals surface area (Å²) in [5.74, 6) is 0.182. The summed E-state index contributed by atoms with van der Waals surface area (Å²) >= 11 is 0. The maximum absolute atomic E-state index is 12.4. The van der Waals surface area contributed by atoms with Crippen LogP contribution in [0, 0.1) is 0 Å². The van der Waals surface area contributed by atoms with Gasteiger partial charge in [-0.3, -0.25) is 9.59 Å². The highest BCUT2D eigenvalue weighted by Crippen LogP contribution is 2.15. The summed E-state index contributed by atoms with van der Waals surface area (Å²) in [5, 5.41) is 3.01. The van der Waals surface area contributed by atoms with Gasteiger partial charge in [-0.1, -0.05) is 6.92 Å². The third kappa shape index (κ3) is 5.55. The molecule has 1 aromatic rings. The number of ketones is 1. The molecule has 0 saturated heterocycles. The Morgan fingerprint density at radius 2 is 1.81 bits per heavy atom. The van der Waals surface area contributed by atoms with E-state index >= 15 is 0 Å². The van der Waals surface area contributed by atoms with Crippen molar-refractivity contribution in [3.63, 3.8) is 0 Å². The van der Waals surface area contributed by atoms with Crippen LogP contribution in [0.4, 0.5) is 0 Å². The first-order valence-corrected chi connectivity index (χ1v) is 7.09. The molecule has 116 valence electrons. The Hall–Kier alpha value is -1.88. The molecule has 0 fully saturated rings. The van der Waals surface area contributed by atoms with Gasteiger partial charge in [-0.05, 0) is 44.7 Å². The number of Topliss-reactive ketones (excluding diaryl/α,β-unsaturated/α-hetero) is 1. The zero-order valence-electron chi connectivity index (χ0n) is 13.0. The molecule has 0 heterocycles. The summed E-state index contributed by atoms with van der Waals surface area (Å²) in [4.78, 5) is 23.8. The molecule has 5 nitrogen and oxygen atoms in total. The Morgan fingerprint density at radius 1 is 1.19 bits per heavy atom. The summed E-state index contributed by atoms with van der Waals surface area (Å²) in [6.45, 7) is 6.37. The molecule has 1 rings (SSSR count). The number of hydrogen-bond acceptors (Lipinski definition) is 5. The number of rotatable bonds is 8. The highest BCUT2D eigenvalue weighted by molar-refractivity contribution is 6.01.